The topological polar surface area (TPSA) is 111 Å². The number of carbonyl (C=O) groups is 3. The van der Waals surface area contributed by atoms with Crippen LogP contribution in [0.4, 0.5) is 19.6 Å². The molecule has 4 aromatic rings. The van der Waals surface area contributed by atoms with Crippen molar-refractivity contribution in [3.05, 3.63) is 88.7 Å². The van der Waals surface area contributed by atoms with Crippen LogP contribution in [0.25, 0.3) is 11.3 Å². The number of nitrogens with one attached hydrogen (secondary N) is 2. The number of rotatable bonds is 7. The van der Waals surface area contributed by atoms with Crippen LogP contribution >= 0.6 is 11.3 Å². The van der Waals surface area contributed by atoms with Gasteiger partial charge in [0.2, 0.25) is 0 Å². The summed E-state index contributed by atoms with van der Waals surface area (Å²) in [7, 11) is 0. The normalized spacial score (nSPS) is 10.6. The number of hydrogen-bond acceptors (Lipinski definition) is 7. The van der Waals surface area contributed by atoms with Crippen LogP contribution in [0.15, 0.2) is 64.6 Å². The van der Waals surface area contributed by atoms with Gasteiger partial charge in [-0.3, -0.25) is 14.9 Å². The number of nitrogens with zero attached hydrogens (tertiary/aromatic N) is 1. The lowest BCUT2D eigenvalue weighted by Crippen LogP contribution is -2.21. The lowest BCUT2D eigenvalue weighted by atomic mass is 10.1. The monoisotopic (exact) mass is 497 g/mol. The van der Waals surface area contributed by atoms with E-state index < -0.39 is 36.0 Å². The summed E-state index contributed by atoms with van der Waals surface area (Å²) in [5.74, 6) is -3.09. The van der Waals surface area contributed by atoms with E-state index in [0.717, 1.165) is 29.5 Å². The summed E-state index contributed by atoms with van der Waals surface area (Å²) in [5.41, 5.74) is 1.32. The van der Waals surface area contributed by atoms with E-state index in [4.69, 9.17) is 9.15 Å². The molecule has 0 aliphatic carbocycles. The van der Waals surface area contributed by atoms with Crippen LogP contribution in [0.5, 0.6) is 0 Å². The number of thiazole rings is 1. The predicted molar refractivity (Wildman–Crippen MR) is 124 cm³/mol. The van der Waals surface area contributed by atoms with Gasteiger partial charge in [-0.05, 0) is 55.0 Å². The molecule has 0 fully saturated rings. The van der Waals surface area contributed by atoms with Crippen molar-refractivity contribution in [2.24, 2.45) is 0 Å². The van der Waals surface area contributed by atoms with Gasteiger partial charge in [-0.1, -0.05) is 6.07 Å². The first kappa shape index (κ1) is 23.8. The van der Waals surface area contributed by atoms with Crippen LogP contribution in [-0.2, 0) is 9.53 Å². The van der Waals surface area contributed by atoms with E-state index in [-0.39, 0.29) is 27.7 Å². The summed E-state index contributed by atoms with van der Waals surface area (Å²) >= 11 is 1.01. The highest BCUT2D eigenvalue weighted by Crippen LogP contribution is 2.27. The maximum Gasteiger partial charge on any atom is 0.338 e. The van der Waals surface area contributed by atoms with Crippen LogP contribution in [0.1, 0.15) is 26.5 Å². The fraction of sp³-hybridized carbons (Fsp3) is 0.0833. The molecular weight excluding hydrogens is 480 g/mol. The average Bonchev–Trinajstić information content (AvgIpc) is 3.53. The molecule has 0 atom stereocenters. The summed E-state index contributed by atoms with van der Waals surface area (Å²) in [4.78, 5) is 40.9. The van der Waals surface area contributed by atoms with Gasteiger partial charge in [0.25, 0.3) is 11.8 Å². The molecule has 0 unspecified atom stereocenters. The zero-order valence-electron chi connectivity index (χ0n) is 18.1. The van der Waals surface area contributed by atoms with Crippen molar-refractivity contribution < 1.29 is 32.3 Å². The predicted octanol–water partition coefficient (Wildman–Crippen LogP) is 5.04. The van der Waals surface area contributed by atoms with E-state index in [9.17, 15) is 23.2 Å². The molecule has 0 saturated heterocycles. The summed E-state index contributed by atoms with van der Waals surface area (Å²) in [6, 6.07) is 10.6. The number of aromatic nitrogens is 1. The minimum atomic E-state index is -0.782. The third kappa shape index (κ3) is 5.76. The van der Waals surface area contributed by atoms with E-state index in [1.54, 1.807) is 19.1 Å². The highest BCUT2D eigenvalue weighted by molar-refractivity contribution is 7.14. The Morgan fingerprint density at radius 3 is 2.69 bits per heavy atom. The second-order valence-corrected chi connectivity index (χ2v) is 8.11. The van der Waals surface area contributed by atoms with Crippen molar-refractivity contribution in [1.29, 1.82) is 0 Å². The minimum Gasteiger partial charge on any atom is -0.459 e. The molecule has 2 aromatic heterocycles. The number of carbonyl (C=O) groups excluding carboxylic acids is 3. The summed E-state index contributed by atoms with van der Waals surface area (Å²) in [6.45, 7) is 1.14. The van der Waals surface area contributed by atoms with Gasteiger partial charge < -0.3 is 14.5 Å². The Labute approximate surface area is 201 Å². The molecule has 0 aliphatic heterocycles. The molecule has 0 saturated carbocycles. The van der Waals surface area contributed by atoms with Crippen molar-refractivity contribution in [3.63, 3.8) is 0 Å². The van der Waals surface area contributed by atoms with Gasteiger partial charge in [0.05, 0.1) is 17.5 Å². The number of amides is 2. The van der Waals surface area contributed by atoms with E-state index in [0.29, 0.717) is 11.3 Å². The van der Waals surface area contributed by atoms with Crippen LogP contribution in [0, 0.1) is 18.6 Å². The standard InChI is InChI=1S/C24H17F2N3O5S/c1-13-4-5-14(9-18(13)27-22(31)20-3-2-8-33-20)23(32)34-11-21(30)29-24-28-19(12-35-24)16-10-15(25)6-7-17(16)26/h2-10,12H,11H2,1H3,(H,27,31)(H,28,29,30). The number of aryl methyl sites for hydroxylation is 1. The van der Waals surface area contributed by atoms with Crippen LogP contribution in [-0.4, -0.2) is 29.4 Å². The van der Waals surface area contributed by atoms with Crippen molar-refractivity contribution in [2.75, 3.05) is 17.2 Å². The number of halogens is 2. The van der Waals surface area contributed by atoms with Crippen LogP contribution in [0.2, 0.25) is 0 Å². The first-order valence-electron chi connectivity index (χ1n) is 10.1. The van der Waals surface area contributed by atoms with Gasteiger partial charge in [-0.25, -0.2) is 18.6 Å². The Kier molecular flexibility index (Phi) is 6.97. The van der Waals surface area contributed by atoms with Crippen LogP contribution in [0.3, 0.4) is 0 Å². The number of hydrogen-bond donors (Lipinski definition) is 2. The second-order valence-electron chi connectivity index (χ2n) is 7.25. The maximum absolute atomic E-state index is 13.9. The van der Waals surface area contributed by atoms with Gasteiger partial charge in [-0.2, -0.15) is 0 Å². The quantitative estimate of drug-likeness (QED) is 0.346. The molecule has 178 valence electrons. The van der Waals surface area contributed by atoms with Crippen molar-refractivity contribution in [1.82, 2.24) is 4.98 Å². The number of furan rings is 1. The maximum atomic E-state index is 13.9. The summed E-state index contributed by atoms with van der Waals surface area (Å²) in [5, 5.41) is 6.69. The van der Waals surface area contributed by atoms with Gasteiger partial charge >= 0.3 is 5.97 Å². The van der Waals surface area contributed by atoms with E-state index in [2.05, 4.69) is 15.6 Å². The highest BCUT2D eigenvalue weighted by atomic mass is 32.1. The van der Waals surface area contributed by atoms with E-state index >= 15 is 0 Å². The minimum absolute atomic E-state index is 0.0394. The lowest BCUT2D eigenvalue weighted by molar-refractivity contribution is -0.119. The zero-order valence-corrected chi connectivity index (χ0v) is 18.9. The molecule has 2 amide bonds. The van der Waals surface area contributed by atoms with Crippen LogP contribution < -0.4 is 10.6 Å². The van der Waals surface area contributed by atoms with Gasteiger partial charge in [0.15, 0.2) is 17.5 Å². The molecular formula is C24H17F2N3O5S. The lowest BCUT2D eigenvalue weighted by Gasteiger charge is -2.10. The molecule has 35 heavy (non-hydrogen) atoms. The molecule has 4 rings (SSSR count). The van der Waals surface area contributed by atoms with Gasteiger partial charge in [0, 0.05) is 16.6 Å². The zero-order chi connectivity index (χ0) is 24.9. The fourth-order valence-electron chi connectivity index (χ4n) is 2.99. The molecule has 2 heterocycles. The number of esters is 1. The molecule has 0 aliphatic rings. The molecule has 2 N–H and O–H groups in total. The van der Waals surface area contributed by atoms with E-state index in [1.165, 1.54) is 29.8 Å². The Hall–Kier alpha value is -4.38. The fourth-order valence-corrected chi connectivity index (χ4v) is 3.72. The van der Waals surface area contributed by atoms with Crippen molar-refractivity contribution in [2.45, 2.75) is 6.92 Å². The Balaban J connectivity index is 1.35. The SMILES string of the molecule is Cc1ccc(C(=O)OCC(=O)Nc2nc(-c3cc(F)ccc3F)cs2)cc1NC(=O)c1ccco1. The Bertz CT molecular complexity index is 1400. The molecule has 2 aromatic carbocycles. The number of ether oxygens (including phenoxy) is 1. The van der Waals surface area contributed by atoms with Gasteiger partial charge in [0.1, 0.15) is 11.6 Å². The largest absolute Gasteiger partial charge is 0.459 e. The highest BCUT2D eigenvalue weighted by Gasteiger charge is 2.16. The molecule has 0 spiro atoms. The second kappa shape index (κ2) is 10.3. The van der Waals surface area contributed by atoms with E-state index in [1.807, 2.05) is 0 Å². The average molecular weight is 497 g/mol. The first-order chi connectivity index (χ1) is 16.8. The molecule has 0 bridgehead atoms. The smallest absolute Gasteiger partial charge is 0.338 e. The molecule has 0 radical (unpaired) electrons. The molecule has 11 heteroatoms. The third-order valence-electron chi connectivity index (χ3n) is 4.76. The third-order valence-corrected chi connectivity index (χ3v) is 5.51. The Morgan fingerprint density at radius 1 is 1.09 bits per heavy atom. The summed E-state index contributed by atoms with van der Waals surface area (Å²) in [6.07, 6.45) is 1.37. The van der Waals surface area contributed by atoms with Gasteiger partial charge in [-0.15, -0.1) is 11.3 Å². The van der Waals surface area contributed by atoms with Crippen molar-refractivity contribution in [3.8, 4) is 11.3 Å². The number of benzene rings is 2. The van der Waals surface area contributed by atoms with Crippen molar-refractivity contribution >= 4 is 39.9 Å². The number of anilines is 2. The Morgan fingerprint density at radius 2 is 1.91 bits per heavy atom. The molecule has 8 nitrogen and oxygen atoms in total. The first-order valence-corrected chi connectivity index (χ1v) is 11.0. The summed E-state index contributed by atoms with van der Waals surface area (Å²) < 4.78 is 37.4.